The molecular weight excluding hydrogens is 273 g/mol. The Kier molecular flexibility index (Phi) is 4.52. The number of nitrogens with zero attached hydrogens (tertiary/aromatic N) is 1. The van der Waals surface area contributed by atoms with E-state index in [0.29, 0.717) is 31.0 Å². The zero-order valence-corrected chi connectivity index (χ0v) is 10.9. The maximum Gasteiger partial charge on any atom is 0.416 e. The van der Waals surface area contributed by atoms with Crippen molar-refractivity contribution >= 4 is 5.69 Å². The van der Waals surface area contributed by atoms with Crippen LogP contribution in [0.4, 0.5) is 18.9 Å². The molecule has 3 N–H and O–H groups in total. The van der Waals surface area contributed by atoms with Crippen LogP contribution in [0.5, 0.6) is 0 Å². The van der Waals surface area contributed by atoms with Gasteiger partial charge in [0.1, 0.15) is 0 Å². The van der Waals surface area contributed by atoms with Gasteiger partial charge in [0.15, 0.2) is 0 Å². The van der Waals surface area contributed by atoms with E-state index in [1.807, 2.05) is 4.90 Å². The van der Waals surface area contributed by atoms with Crippen molar-refractivity contribution in [2.45, 2.75) is 18.8 Å². The molecule has 0 bridgehead atoms. The Morgan fingerprint density at radius 2 is 2.15 bits per heavy atom. The first-order valence-electron chi connectivity index (χ1n) is 6.32. The first-order valence-corrected chi connectivity index (χ1v) is 6.32. The van der Waals surface area contributed by atoms with Crippen LogP contribution < -0.4 is 10.6 Å². The van der Waals surface area contributed by atoms with Gasteiger partial charge in [-0.1, -0.05) is 0 Å². The van der Waals surface area contributed by atoms with Gasteiger partial charge in [0, 0.05) is 18.8 Å². The Morgan fingerprint density at radius 1 is 1.40 bits per heavy atom. The van der Waals surface area contributed by atoms with Crippen LogP contribution in [0.2, 0.25) is 0 Å². The number of nitrogens with two attached hydrogens (primary N) is 1. The van der Waals surface area contributed by atoms with Gasteiger partial charge in [0.05, 0.1) is 31.4 Å². The van der Waals surface area contributed by atoms with Crippen molar-refractivity contribution in [3.8, 4) is 0 Å². The Hall–Kier alpha value is -1.31. The van der Waals surface area contributed by atoms with Crippen LogP contribution in [-0.4, -0.2) is 37.5 Å². The Labute approximate surface area is 114 Å². The molecule has 1 aromatic carbocycles. The van der Waals surface area contributed by atoms with Crippen LogP contribution in [0.1, 0.15) is 11.1 Å². The van der Waals surface area contributed by atoms with Crippen LogP contribution in [0.25, 0.3) is 0 Å². The SMILES string of the molecule is NCc1cc(C(F)(F)F)ccc1N1CCOCC1CO. The second-order valence-corrected chi connectivity index (χ2v) is 4.65. The summed E-state index contributed by atoms with van der Waals surface area (Å²) in [6.45, 7) is 1.23. The molecule has 1 aliphatic heterocycles. The van der Waals surface area contributed by atoms with Gasteiger partial charge in [-0.05, 0) is 23.8 Å². The molecule has 20 heavy (non-hydrogen) atoms. The van der Waals surface area contributed by atoms with Crippen molar-refractivity contribution < 1.29 is 23.0 Å². The average molecular weight is 290 g/mol. The number of hydrogen-bond acceptors (Lipinski definition) is 4. The molecule has 1 heterocycles. The van der Waals surface area contributed by atoms with Crippen molar-refractivity contribution in [1.82, 2.24) is 0 Å². The lowest BCUT2D eigenvalue weighted by atomic mass is 10.1. The highest BCUT2D eigenvalue weighted by atomic mass is 19.4. The zero-order chi connectivity index (χ0) is 14.8. The zero-order valence-electron chi connectivity index (χ0n) is 10.9. The van der Waals surface area contributed by atoms with Crippen molar-refractivity contribution in [2.24, 2.45) is 5.73 Å². The van der Waals surface area contributed by atoms with Crippen LogP contribution >= 0.6 is 0 Å². The third kappa shape index (κ3) is 3.05. The number of anilines is 1. The molecular formula is C13H17F3N2O2. The predicted molar refractivity (Wildman–Crippen MR) is 68.4 cm³/mol. The fraction of sp³-hybridized carbons (Fsp3) is 0.538. The highest BCUT2D eigenvalue weighted by Crippen LogP contribution is 2.33. The van der Waals surface area contributed by atoms with Crippen molar-refractivity contribution in [3.05, 3.63) is 29.3 Å². The van der Waals surface area contributed by atoms with Gasteiger partial charge in [-0.25, -0.2) is 0 Å². The highest BCUT2D eigenvalue weighted by Gasteiger charge is 2.32. The molecule has 7 heteroatoms. The lowest BCUT2D eigenvalue weighted by Crippen LogP contribution is -2.48. The number of aliphatic hydroxyl groups excluding tert-OH is 1. The molecule has 0 saturated carbocycles. The van der Waals surface area contributed by atoms with Crippen molar-refractivity contribution in [1.29, 1.82) is 0 Å². The van der Waals surface area contributed by atoms with E-state index in [4.69, 9.17) is 10.5 Å². The Bertz CT molecular complexity index is 465. The molecule has 4 nitrogen and oxygen atoms in total. The number of morpholine rings is 1. The first kappa shape index (κ1) is 15.1. The lowest BCUT2D eigenvalue weighted by Gasteiger charge is -2.37. The van der Waals surface area contributed by atoms with Crippen LogP contribution in [0.15, 0.2) is 18.2 Å². The highest BCUT2D eigenvalue weighted by molar-refractivity contribution is 5.56. The molecule has 0 spiro atoms. The van der Waals surface area contributed by atoms with E-state index in [0.717, 1.165) is 12.1 Å². The van der Waals surface area contributed by atoms with Gasteiger partial charge in [-0.15, -0.1) is 0 Å². The summed E-state index contributed by atoms with van der Waals surface area (Å²) >= 11 is 0. The summed E-state index contributed by atoms with van der Waals surface area (Å²) in [7, 11) is 0. The summed E-state index contributed by atoms with van der Waals surface area (Å²) in [6, 6.07) is 3.27. The smallest absolute Gasteiger partial charge is 0.394 e. The standard InChI is InChI=1S/C13H17F3N2O2/c14-13(15,16)10-1-2-12(9(5-10)6-17)18-3-4-20-8-11(18)7-19/h1-2,5,11,19H,3-4,6-8,17H2. The molecule has 0 radical (unpaired) electrons. The molecule has 1 unspecified atom stereocenters. The van der Waals surface area contributed by atoms with Gasteiger partial charge < -0.3 is 20.5 Å². The van der Waals surface area contributed by atoms with Gasteiger partial charge in [0.25, 0.3) is 0 Å². The van der Waals surface area contributed by atoms with Crippen molar-refractivity contribution in [2.75, 3.05) is 31.3 Å². The average Bonchev–Trinajstić information content (AvgIpc) is 2.45. The normalized spacial score (nSPS) is 20.2. The summed E-state index contributed by atoms with van der Waals surface area (Å²) in [5, 5.41) is 9.34. The molecule has 0 aromatic heterocycles. The maximum absolute atomic E-state index is 12.7. The third-order valence-corrected chi connectivity index (χ3v) is 3.37. The number of ether oxygens (including phenoxy) is 1. The van der Waals surface area contributed by atoms with E-state index in [9.17, 15) is 18.3 Å². The molecule has 2 rings (SSSR count). The quantitative estimate of drug-likeness (QED) is 0.882. The second kappa shape index (κ2) is 5.99. The van der Waals surface area contributed by atoms with E-state index in [-0.39, 0.29) is 19.2 Å². The van der Waals surface area contributed by atoms with Gasteiger partial charge in [-0.3, -0.25) is 0 Å². The lowest BCUT2D eigenvalue weighted by molar-refractivity contribution is -0.137. The van der Waals surface area contributed by atoms with Crippen LogP contribution in [0.3, 0.4) is 0 Å². The van der Waals surface area contributed by atoms with Crippen LogP contribution in [-0.2, 0) is 17.5 Å². The summed E-state index contributed by atoms with van der Waals surface area (Å²) in [5.74, 6) is 0. The molecule has 0 aliphatic carbocycles. The van der Waals surface area contributed by atoms with Gasteiger partial charge >= 0.3 is 6.18 Å². The topological polar surface area (TPSA) is 58.7 Å². The summed E-state index contributed by atoms with van der Waals surface area (Å²) in [5.41, 5.74) is 5.90. The monoisotopic (exact) mass is 290 g/mol. The largest absolute Gasteiger partial charge is 0.416 e. The number of halogens is 3. The number of benzene rings is 1. The van der Waals surface area contributed by atoms with Crippen LogP contribution in [0, 0.1) is 0 Å². The minimum atomic E-state index is -4.39. The molecule has 1 aromatic rings. The Morgan fingerprint density at radius 3 is 2.75 bits per heavy atom. The molecule has 1 saturated heterocycles. The summed E-state index contributed by atoms with van der Waals surface area (Å²) in [4.78, 5) is 1.85. The minimum Gasteiger partial charge on any atom is -0.394 e. The van der Waals surface area contributed by atoms with E-state index in [1.165, 1.54) is 6.07 Å². The predicted octanol–water partition coefficient (Wildman–Crippen LogP) is 1.36. The fourth-order valence-corrected chi connectivity index (χ4v) is 2.33. The van der Waals surface area contributed by atoms with Gasteiger partial charge in [0.2, 0.25) is 0 Å². The number of alkyl halides is 3. The van der Waals surface area contributed by atoms with E-state index >= 15 is 0 Å². The van der Waals surface area contributed by atoms with Gasteiger partial charge in [-0.2, -0.15) is 13.2 Å². The Balaban J connectivity index is 2.36. The van der Waals surface area contributed by atoms with E-state index in [1.54, 1.807) is 0 Å². The first-order chi connectivity index (χ1) is 9.47. The maximum atomic E-state index is 12.7. The number of aliphatic hydroxyl groups is 1. The molecule has 1 fully saturated rings. The van der Waals surface area contributed by atoms with Crippen molar-refractivity contribution in [3.63, 3.8) is 0 Å². The van der Waals surface area contributed by atoms with E-state index < -0.39 is 11.7 Å². The molecule has 1 aliphatic rings. The number of rotatable bonds is 3. The number of hydrogen-bond donors (Lipinski definition) is 2. The fourth-order valence-electron chi connectivity index (χ4n) is 2.33. The molecule has 1 atom stereocenters. The van der Waals surface area contributed by atoms with E-state index in [2.05, 4.69) is 0 Å². The molecule has 112 valence electrons. The summed E-state index contributed by atoms with van der Waals surface area (Å²) < 4.78 is 43.4. The molecule has 0 amide bonds. The second-order valence-electron chi connectivity index (χ2n) is 4.65. The summed E-state index contributed by atoms with van der Waals surface area (Å²) in [6.07, 6.45) is -4.39. The third-order valence-electron chi connectivity index (χ3n) is 3.37. The minimum absolute atomic E-state index is 0.00869.